The summed E-state index contributed by atoms with van der Waals surface area (Å²) in [7, 11) is 1.53. The first kappa shape index (κ1) is 22.8. The van der Waals surface area contributed by atoms with Gasteiger partial charge in [0.05, 0.1) is 13.7 Å². The number of likely N-dealkylation sites (tertiary alicyclic amines) is 1. The van der Waals surface area contributed by atoms with Gasteiger partial charge in [-0.2, -0.15) is 0 Å². The fourth-order valence-corrected chi connectivity index (χ4v) is 4.18. The molecule has 2 fully saturated rings. The first-order valence-corrected chi connectivity index (χ1v) is 11.4. The zero-order valence-corrected chi connectivity index (χ0v) is 19.4. The summed E-state index contributed by atoms with van der Waals surface area (Å²) >= 11 is 0. The van der Waals surface area contributed by atoms with Crippen LogP contribution in [0.25, 0.3) is 0 Å². The Balaban J connectivity index is 1.31. The van der Waals surface area contributed by atoms with Crippen LogP contribution < -0.4 is 14.4 Å². The summed E-state index contributed by atoms with van der Waals surface area (Å²) in [5.41, 5.74) is 2.10. The summed E-state index contributed by atoms with van der Waals surface area (Å²) in [5, 5.41) is 7.91. The third-order valence-corrected chi connectivity index (χ3v) is 6.14. The van der Waals surface area contributed by atoms with Crippen molar-refractivity contribution in [1.29, 1.82) is 0 Å². The Labute approximate surface area is 194 Å². The number of hydrogen-bond acceptors (Lipinski definition) is 6. The average molecular weight is 454 g/mol. The number of urea groups is 1. The highest BCUT2D eigenvalue weighted by molar-refractivity contribution is 5.96. The van der Waals surface area contributed by atoms with Crippen molar-refractivity contribution >= 4 is 17.6 Å². The summed E-state index contributed by atoms with van der Waals surface area (Å²) in [4.78, 5) is 31.0. The second kappa shape index (κ2) is 10.1. The maximum Gasteiger partial charge on any atom is 0.325 e. The number of carbonyl (C=O) groups is 2. The molecule has 0 radical (unpaired) electrons. The van der Waals surface area contributed by atoms with Crippen molar-refractivity contribution in [3.8, 4) is 11.8 Å². The molecule has 0 bridgehead atoms. The van der Waals surface area contributed by atoms with Crippen LogP contribution in [-0.2, 0) is 4.79 Å². The molecule has 0 N–H and O–H groups in total. The number of ether oxygens (including phenoxy) is 2. The smallest absolute Gasteiger partial charge is 0.325 e. The van der Waals surface area contributed by atoms with Gasteiger partial charge >= 0.3 is 6.03 Å². The SMILES string of the molecule is COc1ccc(OC2CCCN(C(=O)CN3CCN(c4ccc(C(C)C)cc4)C3=O)C2)nn1. The normalized spacial score (nSPS) is 18.7. The topological polar surface area (TPSA) is 88.1 Å². The summed E-state index contributed by atoms with van der Waals surface area (Å²) < 4.78 is 10.9. The van der Waals surface area contributed by atoms with E-state index >= 15 is 0 Å². The molecule has 3 heterocycles. The first-order valence-electron chi connectivity index (χ1n) is 11.4. The van der Waals surface area contributed by atoms with Gasteiger partial charge in [0.1, 0.15) is 12.6 Å². The van der Waals surface area contributed by atoms with Gasteiger partial charge in [-0.05, 0) is 36.5 Å². The highest BCUT2D eigenvalue weighted by atomic mass is 16.5. The lowest BCUT2D eigenvalue weighted by atomic mass is 10.0. The van der Waals surface area contributed by atoms with Crippen molar-refractivity contribution in [3.63, 3.8) is 0 Å². The van der Waals surface area contributed by atoms with E-state index in [1.807, 2.05) is 12.1 Å². The second-order valence-corrected chi connectivity index (χ2v) is 8.74. The van der Waals surface area contributed by atoms with E-state index < -0.39 is 0 Å². The Kier molecular flexibility index (Phi) is 6.96. The van der Waals surface area contributed by atoms with Gasteiger partial charge in [0, 0.05) is 37.5 Å². The lowest BCUT2D eigenvalue weighted by Crippen LogP contribution is -2.48. The molecule has 0 spiro atoms. The lowest BCUT2D eigenvalue weighted by Gasteiger charge is -2.33. The van der Waals surface area contributed by atoms with E-state index in [0.29, 0.717) is 43.9 Å². The molecular weight excluding hydrogens is 422 g/mol. The van der Waals surface area contributed by atoms with E-state index in [1.54, 1.807) is 26.8 Å². The number of rotatable bonds is 7. The van der Waals surface area contributed by atoms with Crippen LogP contribution in [0.15, 0.2) is 36.4 Å². The Morgan fingerprint density at radius 1 is 1.06 bits per heavy atom. The molecule has 1 aromatic carbocycles. The van der Waals surface area contributed by atoms with Crippen LogP contribution in [0.5, 0.6) is 11.8 Å². The zero-order valence-electron chi connectivity index (χ0n) is 19.4. The van der Waals surface area contributed by atoms with Crippen LogP contribution >= 0.6 is 0 Å². The van der Waals surface area contributed by atoms with E-state index in [0.717, 1.165) is 18.5 Å². The first-order chi connectivity index (χ1) is 15.9. The van der Waals surface area contributed by atoms with Gasteiger partial charge in [-0.1, -0.05) is 26.0 Å². The largest absolute Gasteiger partial charge is 0.480 e. The summed E-state index contributed by atoms with van der Waals surface area (Å²) in [5.74, 6) is 1.21. The quantitative estimate of drug-likeness (QED) is 0.641. The number of anilines is 1. The van der Waals surface area contributed by atoms with E-state index in [9.17, 15) is 9.59 Å². The number of benzene rings is 1. The summed E-state index contributed by atoms with van der Waals surface area (Å²) in [6, 6.07) is 11.3. The van der Waals surface area contributed by atoms with Crippen LogP contribution in [-0.4, -0.2) is 77.9 Å². The number of piperidine rings is 1. The third kappa shape index (κ3) is 5.35. The summed E-state index contributed by atoms with van der Waals surface area (Å²) in [6.45, 7) is 6.60. The molecule has 2 aliphatic rings. The van der Waals surface area contributed by atoms with Crippen LogP contribution in [0, 0.1) is 0 Å². The van der Waals surface area contributed by atoms with E-state index in [2.05, 4.69) is 36.2 Å². The van der Waals surface area contributed by atoms with E-state index in [4.69, 9.17) is 9.47 Å². The molecule has 1 unspecified atom stereocenters. The van der Waals surface area contributed by atoms with Crippen molar-refractivity contribution in [1.82, 2.24) is 20.0 Å². The monoisotopic (exact) mass is 453 g/mol. The Morgan fingerprint density at radius 3 is 2.45 bits per heavy atom. The highest BCUT2D eigenvalue weighted by Crippen LogP contribution is 2.24. The molecule has 2 aliphatic heterocycles. The van der Waals surface area contributed by atoms with E-state index in [1.165, 1.54) is 12.7 Å². The molecule has 33 heavy (non-hydrogen) atoms. The zero-order chi connectivity index (χ0) is 23.4. The summed E-state index contributed by atoms with van der Waals surface area (Å²) in [6.07, 6.45) is 1.51. The number of hydrogen-bond donors (Lipinski definition) is 0. The Morgan fingerprint density at radius 2 is 1.79 bits per heavy atom. The minimum absolute atomic E-state index is 0.0607. The van der Waals surface area contributed by atoms with Crippen molar-refractivity contribution < 1.29 is 19.1 Å². The van der Waals surface area contributed by atoms with Gasteiger partial charge in [0.25, 0.3) is 0 Å². The molecule has 1 atom stereocenters. The molecule has 9 heteroatoms. The maximum absolute atomic E-state index is 13.0. The minimum Gasteiger partial charge on any atom is -0.480 e. The van der Waals surface area contributed by atoms with E-state index in [-0.39, 0.29) is 24.6 Å². The van der Waals surface area contributed by atoms with Gasteiger partial charge in [-0.3, -0.25) is 9.69 Å². The van der Waals surface area contributed by atoms with Gasteiger partial charge in [-0.25, -0.2) is 4.79 Å². The number of aromatic nitrogens is 2. The molecule has 4 rings (SSSR count). The van der Waals surface area contributed by atoms with Gasteiger partial charge < -0.3 is 19.3 Å². The molecule has 2 saturated heterocycles. The molecule has 1 aromatic heterocycles. The fourth-order valence-electron chi connectivity index (χ4n) is 4.18. The third-order valence-electron chi connectivity index (χ3n) is 6.14. The van der Waals surface area contributed by atoms with Crippen LogP contribution in [0.3, 0.4) is 0 Å². The Bertz CT molecular complexity index is 964. The number of amides is 3. The molecule has 9 nitrogen and oxygen atoms in total. The predicted octanol–water partition coefficient (Wildman–Crippen LogP) is 2.92. The minimum atomic E-state index is -0.157. The highest BCUT2D eigenvalue weighted by Gasteiger charge is 2.33. The average Bonchev–Trinajstić information content (AvgIpc) is 3.19. The number of methoxy groups -OCH3 is 1. The standard InChI is InChI=1S/C24H31N5O4/c1-17(2)18-6-8-19(9-7-18)29-14-13-28(24(29)31)16-23(30)27-12-4-5-20(15-27)33-22-11-10-21(32-3)25-26-22/h6-11,17,20H,4-5,12-16H2,1-3H3. The Hall–Kier alpha value is -3.36. The lowest BCUT2D eigenvalue weighted by molar-refractivity contribution is -0.134. The van der Waals surface area contributed by atoms with Gasteiger partial charge in [-0.15, -0.1) is 10.2 Å². The molecule has 3 amide bonds. The molecule has 2 aromatic rings. The molecular formula is C24H31N5O4. The molecule has 176 valence electrons. The number of carbonyl (C=O) groups excluding carboxylic acids is 2. The maximum atomic E-state index is 13.0. The second-order valence-electron chi connectivity index (χ2n) is 8.74. The molecule has 0 aliphatic carbocycles. The van der Waals surface area contributed by atoms with Crippen molar-refractivity contribution in [2.24, 2.45) is 0 Å². The van der Waals surface area contributed by atoms with Gasteiger partial charge in [0.15, 0.2) is 0 Å². The van der Waals surface area contributed by atoms with Gasteiger partial charge in [0.2, 0.25) is 17.7 Å². The fraction of sp³-hybridized carbons (Fsp3) is 0.500. The van der Waals surface area contributed by atoms with Crippen molar-refractivity contribution in [3.05, 3.63) is 42.0 Å². The number of nitrogens with zero attached hydrogens (tertiary/aromatic N) is 5. The molecule has 0 saturated carbocycles. The van der Waals surface area contributed by atoms with Crippen molar-refractivity contribution in [2.45, 2.75) is 38.7 Å². The predicted molar refractivity (Wildman–Crippen MR) is 124 cm³/mol. The van der Waals surface area contributed by atoms with Crippen LogP contribution in [0.1, 0.15) is 38.2 Å². The van der Waals surface area contributed by atoms with Crippen molar-refractivity contribution in [2.75, 3.05) is 44.7 Å². The van der Waals surface area contributed by atoms with Crippen LogP contribution in [0.4, 0.5) is 10.5 Å². The van der Waals surface area contributed by atoms with Crippen LogP contribution in [0.2, 0.25) is 0 Å².